The van der Waals surface area contributed by atoms with Gasteiger partial charge in [-0.1, -0.05) is 24.5 Å². The molecule has 5 rings (SSSR count). The zero-order valence-electron chi connectivity index (χ0n) is 17.7. The molecule has 4 N–H and O–H groups in total. The average molecular weight is 437 g/mol. The first kappa shape index (κ1) is 20.3. The molecule has 2 aliphatic rings. The molecule has 0 spiro atoms. The standard InChI is InChI=1S/C24H28N4O2S/c1-14-6-7-17-15(10-14)11-20(26-17)23(29)27-18-4-2-3-5-19(18)28-24(30)22-12-16-13-25-9-8-21(16)31-22/h6-7,10-12,18-19,25-26H,2-5,8-9,13H2,1H3,(H,27,29)(H,28,30)/t18-,19+/m0/s1. The van der Waals surface area contributed by atoms with Crippen molar-refractivity contribution in [3.63, 3.8) is 0 Å². The lowest BCUT2D eigenvalue weighted by molar-refractivity contribution is 0.0862. The molecule has 6 nitrogen and oxygen atoms in total. The summed E-state index contributed by atoms with van der Waals surface area (Å²) in [5, 5.41) is 10.8. The summed E-state index contributed by atoms with van der Waals surface area (Å²) in [6.07, 6.45) is 4.87. The summed E-state index contributed by atoms with van der Waals surface area (Å²) < 4.78 is 0. The molecular weight excluding hydrogens is 408 g/mol. The smallest absolute Gasteiger partial charge is 0.268 e. The molecule has 2 atom stereocenters. The Hall–Kier alpha value is -2.64. The van der Waals surface area contributed by atoms with Crippen LogP contribution in [0, 0.1) is 6.92 Å². The summed E-state index contributed by atoms with van der Waals surface area (Å²) in [6, 6.07) is 9.92. The van der Waals surface area contributed by atoms with Crippen molar-refractivity contribution < 1.29 is 9.59 Å². The molecule has 0 unspecified atom stereocenters. The number of rotatable bonds is 4. The number of nitrogens with one attached hydrogen (secondary N) is 4. The molecule has 0 bridgehead atoms. The number of carbonyl (C=O) groups is 2. The van der Waals surface area contributed by atoms with Crippen LogP contribution in [0.4, 0.5) is 0 Å². The van der Waals surface area contributed by atoms with Crippen molar-refractivity contribution in [2.24, 2.45) is 0 Å². The number of hydrogen-bond acceptors (Lipinski definition) is 4. The minimum Gasteiger partial charge on any atom is -0.351 e. The lowest BCUT2D eigenvalue weighted by atomic mass is 9.90. The van der Waals surface area contributed by atoms with Crippen molar-refractivity contribution in [2.75, 3.05) is 6.54 Å². The summed E-state index contributed by atoms with van der Waals surface area (Å²) >= 11 is 1.60. The Morgan fingerprint density at radius 1 is 1.03 bits per heavy atom. The average Bonchev–Trinajstić information content (AvgIpc) is 3.39. The van der Waals surface area contributed by atoms with Crippen LogP contribution in [0.3, 0.4) is 0 Å². The molecule has 1 aliphatic heterocycles. The normalized spacial score (nSPS) is 20.9. The Bertz CT molecular complexity index is 1110. The van der Waals surface area contributed by atoms with Gasteiger partial charge in [-0.2, -0.15) is 0 Å². The molecular formula is C24H28N4O2S. The van der Waals surface area contributed by atoms with E-state index < -0.39 is 0 Å². The first-order valence-corrected chi connectivity index (χ1v) is 11.9. The number of fused-ring (bicyclic) bond motifs is 2. The van der Waals surface area contributed by atoms with E-state index in [0.717, 1.165) is 61.0 Å². The van der Waals surface area contributed by atoms with E-state index >= 15 is 0 Å². The third-order valence-electron chi connectivity index (χ3n) is 6.38. The van der Waals surface area contributed by atoms with Crippen molar-refractivity contribution in [1.82, 2.24) is 20.9 Å². The largest absolute Gasteiger partial charge is 0.351 e. The molecule has 3 aromatic rings. The number of aromatic nitrogens is 1. The van der Waals surface area contributed by atoms with Crippen molar-refractivity contribution >= 4 is 34.1 Å². The van der Waals surface area contributed by atoms with Gasteiger partial charge in [0.1, 0.15) is 5.69 Å². The fourth-order valence-electron chi connectivity index (χ4n) is 4.70. The predicted molar refractivity (Wildman–Crippen MR) is 124 cm³/mol. The second kappa shape index (κ2) is 8.48. The predicted octanol–water partition coefficient (Wildman–Crippen LogP) is 3.65. The van der Waals surface area contributed by atoms with Crippen LogP contribution in [0.1, 0.15) is 61.8 Å². The highest BCUT2D eigenvalue weighted by Crippen LogP contribution is 2.26. The van der Waals surface area contributed by atoms with Crippen molar-refractivity contribution in [3.8, 4) is 0 Å². The Morgan fingerprint density at radius 3 is 2.58 bits per heavy atom. The molecule has 2 amide bonds. The maximum atomic E-state index is 12.9. The van der Waals surface area contributed by atoms with Crippen LogP contribution in [-0.4, -0.2) is 35.4 Å². The molecule has 3 heterocycles. The van der Waals surface area contributed by atoms with Gasteiger partial charge in [0, 0.05) is 41.0 Å². The second-order valence-electron chi connectivity index (χ2n) is 8.70. The fourth-order valence-corrected chi connectivity index (χ4v) is 5.79. The lowest BCUT2D eigenvalue weighted by Gasteiger charge is -2.32. The number of hydrogen-bond donors (Lipinski definition) is 4. The van der Waals surface area contributed by atoms with Gasteiger partial charge in [0.15, 0.2) is 0 Å². The van der Waals surface area contributed by atoms with Gasteiger partial charge in [-0.15, -0.1) is 11.3 Å². The highest BCUT2D eigenvalue weighted by atomic mass is 32.1. The number of aryl methyl sites for hydroxylation is 1. The van der Waals surface area contributed by atoms with Crippen LogP contribution in [0.5, 0.6) is 0 Å². The first-order valence-electron chi connectivity index (χ1n) is 11.1. The first-order chi connectivity index (χ1) is 15.1. The van der Waals surface area contributed by atoms with Crippen molar-refractivity contribution in [1.29, 1.82) is 0 Å². The molecule has 1 saturated carbocycles. The van der Waals surface area contributed by atoms with E-state index in [1.165, 1.54) is 16.0 Å². The molecule has 0 radical (unpaired) electrons. The van der Waals surface area contributed by atoms with Gasteiger partial charge in [0.05, 0.1) is 4.88 Å². The zero-order valence-corrected chi connectivity index (χ0v) is 18.5. The summed E-state index contributed by atoms with van der Waals surface area (Å²) in [6.45, 7) is 3.85. The van der Waals surface area contributed by atoms with Gasteiger partial charge < -0.3 is 20.9 Å². The number of thiophene rings is 1. The highest BCUT2D eigenvalue weighted by molar-refractivity contribution is 7.14. The van der Waals surface area contributed by atoms with Gasteiger partial charge in [0.2, 0.25) is 0 Å². The summed E-state index contributed by atoms with van der Waals surface area (Å²) in [5.74, 6) is -0.135. The topological polar surface area (TPSA) is 86.0 Å². The van der Waals surface area contributed by atoms with Crippen LogP contribution >= 0.6 is 11.3 Å². The van der Waals surface area contributed by atoms with Crippen LogP contribution in [0.15, 0.2) is 30.3 Å². The van der Waals surface area contributed by atoms with Gasteiger partial charge in [-0.3, -0.25) is 9.59 Å². The van der Waals surface area contributed by atoms with Gasteiger partial charge in [-0.05, 0) is 56.0 Å². The SMILES string of the molecule is Cc1ccc2[nH]c(C(=O)N[C@H]3CCCC[C@H]3NC(=O)c3cc4c(s3)CCNC4)cc2c1. The number of aromatic amines is 1. The third kappa shape index (κ3) is 4.25. The molecule has 0 saturated heterocycles. The Balaban J connectivity index is 1.28. The lowest BCUT2D eigenvalue weighted by Crippen LogP contribution is -2.53. The molecule has 2 aromatic heterocycles. The minimum atomic E-state index is -0.113. The van der Waals surface area contributed by atoms with E-state index in [-0.39, 0.29) is 23.9 Å². The van der Waals surface area contributed by atoms with Crippen LogP contribution < -0.4 is 16.0 Å². The van der Waals surface area contributed by atoms with E-state index in [9.17, 15) is 9.59 Å². The van der Waals surface area contributed by atoms with Crippen LogP contribution in [0.25, 0.3) is 10.9 Å². The number of H-pyrrole nitrogens is 1. The quantitative estimate of drug-likeness (QED) is 0.504. The maximum Gasteiger partial charge on any atom is 0.268 e. The molecule has 162 valence electrons. The van der Waals surface area contributed by atoms with Gasteiger partial charge >= 0.3 is 0 Å². The molecule has 1 aliphatic carbocycles. The van der Waals surface area contributed by atoms with Crippen LogP contribution in [-0.2, 0) is 13.0 Å². The zero-order chi connectivity index (χ0) is 21.4. The van der Waals surface area contributed by atoms with Gasteiger partial charge in [-0.25, -0.2) is 0 Å². The van der Waals surface area contributed by atoms with E-state index in [2.05, 4.69) is 27.0 Å². The fraction of sp³-hybridized carbons (Fsp3) is 0.417. The monoisotopic (exact) mass is 436 g/mol. The van der Waals surface area contributed by atoms with E-state index in [1.807, 2.05) is 31.2 Å². The summed E-state index contributed by atoms with van der Waals surface area (Å²) in [4.78, 5) is 31.2. The van der Waals surface area contributed by atoms with Gasteiger partial charge in [0.25, 0.3) is 11.8 Å². The Kier molecular flexibility index (Phi) is 5.54. The Morgan fingerprint density at radius 2 is 1.81 bits per heavy atom. The van der Waals surface area contributed by atoms with E-state index in [0.29, 0.717) is 5.69 Å². The van der Waals surface area contributed by atoms with E-state index in [4.69, 9.17) is 0 Å². The Labute approximate surface area is 185 Å². The highest BCUT2D eigenvalue weighted by Gasteiger charge is 2.29. The number of benzene rings is 1. The summed E-state index contributed by atoms with van der Waals surface area (Å²) in [5.41, 5.74) is 3.93. The van der Waals surface area contributed by atoms with Crippen molar-refractivity contribution in [2.45, 2.75) is 57.7 Å². The molecule has 1 fully saturated rings. The number of carbonyl (C=O) groups excluding carboxylic acids is 2. The molecule has 7 heteroatoms. The molecule has 31 heavy (non-hydrogen) atoms. The number of amides is 2. The van der Waals surface area contributed by atoms with E-state index in [1.54, 1.807) is 11.3 Å². The summed E-state index contributed by atoms with van der Waals surface area (Å²) in [7, 11) is 0. The van der Waals surface area contributed by atoms with Crippen molar-refractivity contribution in [3.05, 3.63) is 56.9 Å². The maximum absolute atomic E-state index is 12.9. The molecule has 1 aromatic carbocycles. The second-order valence-corrected chi connectivity index (χ2v) is 9.84. The minimum absolute atomic E-state index is 0.0216. The third-order valence-corrected chi connectivity index (χ3v) is 7.62. The van der Waals surface area contributed by atoms with Crippen LogP contribution in [0.2, 0.25) is 0 Å².